The molecule has 0 aliphatic heterocycles. The Morgan fingerprint density at radius 3 is 2.38 bits per heavy atom. The summed E-state index contributed by atoms with van der Waals surface area (Å²) < 4.78 is 5.01. The zero-order chi connectivity index (χ0) is 10.3. The predicted octanol–water partition coefficient (Wildman–Crippen LogP) is 1.12. The Hall–Kier alpha value is -1.03. The summed E-state index contributed by atoms with van der Waals surface area (Å²) in [5.41, 5.74) is 6.10. The van der Waals surface area contributed by atoms with Gasteiger partial charge in [0.05, 0.1) is 6.61 Å². The van der Waals surface area contributed by atoms with Crippen molar-refractivity contribution in [1.82, 2.24) is 0 Å². The molecule has 0 amide bonds. The van der Waals surface area contributed by atoms with Crippen molar-refractivity contribution in [3.63, 3.8) is 0 Å². The standard InChI is InChI=1S/C9H17NO3/c1-3-5-7(6-10)8(9(11)12)13-4-2/h3-6,10H2,1-2H3,(H,11,12). The molecule has 0 heterocycles. The molecular formula is C9H17NO3. The lowest BCUT2D eigenvalue weighted by molar-refractivity contribution is -0.136. The number of ether oxygens (including phenoxy) is 1. The molecule has 0 aromatic rings. The third-order valence-corrected chi connectivity index (χ3v) is 1.60. The summed E-state index contributed by atoms with van der Waals surface area (Å²) in [6.45, 7) is 4.33. The van der Waals surface area contributed by atoms with E-state index in [1.165, 1.54) is 0 Å². The van der Waals surface area contributed by atoms with Crippen LogP contribution in [0.4, 0.5) is 0 Å². The molecule has 0 fully saturated rings. The summed E-state index contributed by atoms with van der Waals surface area (Å²) in [7, 11) is 0. The average Bonchev–Trinajstić information content (AvgIpc) is 2.10. The van der Waals surface area contributed by atoms with E-state index in [1.54, 1.807) is 6.92 Å². The molecule has 0 aromatic heterocycles. The van der Waals surface area contributed by atoms with E-state index in [0.717, 1.165) is 6.42 Å². The van der Waals surface area contributed by atoms with Crippen molar-refractivity contribution in [2.75, 3.05) is 13.2 Å². The highest BCUT2D eigenvalue weighted by molar-refractivity contribution is 5.85. The van der Waals surface area contributed by atoms with Gasteiger partial charge in [-0.15, -0.1) is 0 Å². The minimum Gasteiger partial charge on any atom is -0.487 e. The van der Waals surface area contributed by atoms with Crippen molar-refractivity contribution in [3.05, 3.63) is 11.3 Å². The van der Waals surface area contributed by atoms with E-state index in [4.69, 9.17) is 15.6 Å². The number of hydrogen-bond acceptors (Lipinski definition) is 3. The summed E-state index contributed by atoms with van der Waals surface area (Å²) in [6, 6.07) is 0. The summed E-state index contributed by atoms with van der Waals surface area (Å²) in [5, 5.41) is 8.79. The van der Waals surface area contributed by atoms with Crippen LogP contribution in [0.25, 0.3) is 0 Å². The quantitative estimate of drug-likeness (QED) is 0.483. The highest BCUT2D eigenvalue weighted by Crippen LogP contribution is 2.11. The number of aliphatic carboxylic acids is 1. The number of carboxylic acids is 1. The first-order valence-electron chi connectivity index (χ1n) is 4.45. The highest BCUT2D eigenvalue weighted by atomic mass is 16.5. The molecule has 0 aliphatic carbocycles. The molecular weight excluding hydrogens is 170 g/mol. The van der Waals surface area contributed by atoms with Gasteiger partial charge in [-0.1, -0.05) is 13.3 Å². The molecule has 0 bridgehead atoms. The molecule has 0 spiro atoms. The Kier molecular flexibility index (Phi) is 5.97. The van der Waals surface area contributed by atoms with Crippen LogP contribution in [0.5, 0.6) is 0 Å². The van der Waals surface area contributed by atoms with Gasteiger partial charge in [0.15, 0.2) is 0 Å². The van der Waals surface area contributed by atoms with Crippen LogP contribution in [-0.2, 0) is 9.53 Å². The molecule has 0 radical (unpaired) electrons. The number of carbonyl (C=O) groups is 1. The third-order valence-electron chi connectivity index (χ3n) is 1.60. The van der Waals surface area contributed by atoms with Crippen molar-refractivity contribution < 1.29 is 14.6 Å². The maximum Gasteiger partial charge on any atom is 0.371 e. The van der Waals surface area contributed by atoms with Crippen LogP contribution in [0.15, 0.2) is 11.3 Å². The SMILES string of the molecule is CCCC(CN)=C(OCC)C(=O)O. The molecule has 4 heteroatoms. The minimum atomic E-state index is -1.03. The summed E-state index contributed by atoms with van der Waals surface area (Å²) in [4.78, 5) is 10.7. The number of hydrogen-bond donors (Lipinski definition) is 2. The van der Waals surface area contributed by atoms with E-state index in [2.05, 4.69) is 0 Å². The molecule has 4 nitrogen and oxygen atoms in total. The lowest BCUT2D eigenvalue weighted by Crippen LogP contribution is -2.14. The molecule has 0 saturated heterocycles. The van der Waals surface area contributed by atoms with Crippen LogP contribution >= 0.6 is 0 Å². The predicted molar refractivity (Wildman–Crippen MR) is 50.3 cm³/mol. The first-order valence-corrected chi connectivity index (χ1v) is 4.45. The van der Waals surface area contributed by atoms with Crippen molar-refractivity contribution in [3.8, 4) is 0 Å². The Bertz CT molecular complexity index is 199. The van der Waals surface area contributed by atoms with E-state index in [1.807, 2.05) is 6.92 Å². The fourth-order valence-corrected chi connectivity index (χ4v) is 1.07. The second-order valence-corrected chi connectivity index (χ2v) is 2.62. The van der Waals surface area contributed by atoms with E-state index >= 15 is 0 Å². The lowest BCUT2D eigenvalue weighted by atomic mass is 10.1. The van der Waals surface area contributed by atoms with Crippen LogP contribution in [0.2, 0.25) is 0 Å². The Morgan fingerprint density at radius 2 is 2.08 bits per heavy atom. The van der Waals surface area contributed by atoms with Crippen molar-refractivity contribution in [1.29, 1.82) is 0 Å². The zero-order valence-corrected chi connectivity index (χ0v) is 8.17. The smallest absolute Gasteiger partial charge is 0.371 e. The second kappa shape index (κ2) is 6.48. The zero-order valence-electron chi connectivity index (χ0n) is 8.17. The molecule has 76 valence electrons. The van der Waals surface area contributed by atoms with Crippen LogP contribution < -0.4 is 5.73 Å². The van der Waals surface area contributed by atoms with Gasteiger partial charge < -0.3 is 15.6 Å². The fourth-order valence-electron chi connectivity index (χ4n) is 1.07. The highest BCUT2D eigenvalue weighted by Gasteiger charge is 2.13. The average molecular weight is 187 g/mol. The second-order valence-electron chi connectivity index (χ2n) is 2.62. The van der Waals surface area contributed by atoms with Gasteiger partial charge in [0.25, 0.3) is 0 Å². The molecule has 3 N–H and O–H groups in total. The third kappa shape index (κ3) is 3.94. The van der Waals surface area contributed by atoms with E-state index in [-0.39, 0.29) is 12.3 Å². The van der Waals surface area contributed by atoms with Gasteiger partial charge in [-0.05, 0) is 18.9 Å². The number of nitrogens with two attached hydrogens (primary N) is 1. The van der Waals surface area contributed by atoms with Gasteiger partial charge in [0, 0.05) is 6.54 Å². The Morgan fingerprint density at radius 1 is 1.46 bits per heavy atom. The van der Waals surface area contributed by atoms with Crippen LogP contribution in [0.1, 0.15) is 26.7 Å². The Balaban J connectivity index is 4.66. The Labute approximate surface area is 78.4 Å². The topological polar surface area (TPSA) is 72.5 Å². The maximum absolute atomic E-state index is 10.7. The van der Waals surface area contributed by atoms with Crippen molar-refractivity contribution >= 4 is 5.97 Å². The lowest BCUT2D eigenvalue weighted by Gasteiger charge is -2.09. The van der Waals surface area contributed by atoms with Gasteiger partial charge in [-0.2, -0.15) is 0 Å². The van der Waals surface area contributed by atoms with Crippen LogP contribution in [0.3, 0.4) is 0 Å². The summed E-state index contributed by atoms with van der Waals surface area (Å²) in [5.74, 6) is -1.01. The molecule has 0 aliphatic rings. The van der Waals surface area contributed by atoms with Crippen LogP contribution in [-0.4, -0.2) is 24.2 Å². The molecule has 0 rings (SSSR count). The monoisotopic (exact) mass is 187 g/mol. The van der Waals surface area contributed by atoms with Gasteiger partial charge in [-0.3, -0.25) is 0 Å². The van der Waals surface area contributed by atoms with Crippen LogP contribution in [0, 0.1) is 0 Å². The van der Waals surface area contributed by atoms with Gasteiger partial charge in [-0.25, -0.2) is 4.79 Å². The number of rotatable bonds is 6. The first-order chi connectivity index (χ1) is 6.17. The fraction of sp³-hybridized carbons (Fsp3) is 0.667. The maximum atomic E-state index is 10.7. The van der Waals surface area contributed by atoms with E-state index < -0.39 is 5.97 Å². The van der Waals surface area contributed by atoms with Gasteiger partial charge in [0.1, 0.15) is 0 Å². The first kappa shape index (κ1) is 12.0. The molecule has 0 atom stereocenters. The molecule has 0 aromatic carbocycles. The molecule has 0 unspecified atom stereocenters. The van der Waals surface area contributed by atoms with E-state index in [9.17, 15) is 4.79 Å². The van der Waals surface area contributed by atoms with Crippen molar-refractivity contribution in [2.24, 2.45) is 5.73 Å². The summed E-state index contributed by atoms with van der Waals surface area (Å²) in [6.07, 6.45) is 1.55. The van der Waals surface area contributed by atoms with Crippen molar-refractivity contribution in [2.45, 2.75) is 26.7 Å². The van der Waals surface area contributed by atoms with E-state index in [0.29, 0.717) is 18.6 Å². The normalized spacial score (nSPS) is 12.2. The largest absolute Gasteiger partial charge is 0.487 e. The molecule has 13 heavy (non-hydrogen) atoms. The molecule has 0 saturated carbocycles. The summed E-state index contributed by atoms with van der Waals surface area (Å²) >= 11 is 0. The van der Waals surface area contributed by atoms with Gasteiger partial charge in [0.2, 0.25) is 5.76 Å². The number of carboxylic acid groups (broad SMARTS) is 1. The minimum absolute atomic E-state index is 0.0202. The van der Waals surface area contributed by atoms with Gasteiger partial charge >= 0.3 is 5.97 Å².